The van der Waals surface area contributed by atoms with Crippen LogP contribution in [0.25, 0.3) is 0 Å². The van der Waals surface area contributed by atoms with Crippen LogP contribution in [0.3, 0.4) is 0 Å². The van der Waals surface area contributed by atoms with E-state index in [9.17, 15) is 18.7 Å². The number of hydrogen-bond donors (Lipinski definition) is 3. The van der Waals surface area contributed by atoms with Gasteiger partial charge in [-0.3, -0.25) is 14.3 Å². The van der Waals surface area contributed by atoms with E-state index < -0.39 is 42.6 Å². The maximum atomic E-state index is 13.5. The minimum absolute atomic E-state index is 0.212. The fourth-order valence-corrected chi connectivity index (χ4v) is 1.98. The highest BCUT2D eigenvalue weighted by molar-refractivity contribution is 7.71. The third-order valence-corrected chi connectivity index (χ3v) is 2.98. The molecule has 1 saturated heterocycles. The van der Waals surface area contributed by atoms with Gasteiger partial charge in [-0.2, -0.15) is 4.39 Å². The molecule has 6 nitrogen and oxygen atoms in total. The zero-order valence-electron chi connectivity index (χ0n) is 8.92. The van der Waals surface area contributed by atoms with Gasteiger partial charge in [-0.1, -0.05) is 0 Å². The Morgan fingerprint density at radius 2 is 2.28 bits per heavy atom. The number of H-pyrrole nitrogens is 1. The predicted molar refractivity (Wildman–Crippen MR) is 57.7 cm³/mol. The van der Waals surface area contributed by atoms with E-state index in [-0.39, 0.29) is 4.77 Å². The number of aromatic nitrogens is 2. The number of rotatable bonds is 2. The number of aromatic amines is 1. The van der Waals surface area contributed by atoms with Crippen molar-refractivity contribution in [3.63, 3.8) is 0 Å². The van der Waals surface area contributed by atoms with E-state index in [0.29, 0.717) is 0 Å². The van der Waals surface area contributed by atoms with Gasteiger partial charge in [-0.25, -0.2) is 4.39 Å². The first kappa shape index (κ1) is 13.3. The number of alkyl halides is 1. The summed E-state index contributed by atoms with van der Waals surface area (Å²) in [5, 5.41) is 18.4. The van der Waals surface area contributed by atoms with Crippen molar-refractivity contribution in [2.24, 2.45) is 0 Å². The molecule has 100 valence electrons. The Kier molecular flexibility index (Phi) is 3.57. The number of aliphatic hydroxyl groups excluding tert-OH is 2. The van der Waals surface area contributed by atoms with Crippen molar-refractivity contribution in [2.75, 3.05) is 6.61 Å². The van der Waals surface area contributed by atoms with Gasteiger partial charge in [-0.15, -0.1) is 0 Å². The van der Waals surface area contributed by atoms with Crippen LogP contribution in [0.5, 0.6) is 0 Å². The molecule has 0 bridgehead atoms. The first-order valence-electron chi connectivity index (χ1n) is 5.05. The fourth-order valence-electron chi connectivity index (χ4n) is 1.74. The highest BCUT2D eigenvalue weighted by Gasteiger charge is 2.44. The van der Waals surface area contributed by atoms with Crippen LogP contribution in [0.2, 0.25) is 0 Å². The topological polar surface area (TPSA) is 87.5 Å². The number of ether oxygens (including phenoxy) is 1. The van der Waals surface area contributed by atoms with Crippen LogP contribution >= 0.6 is 12.2 Å². The van der Waals surface area contributed by atoms with E-state index in [1.54, 1.807) is 0 Å². The molecule has 0 amide bonds. The summed E-state index contributed by atoms with van der Waals surface area (Å²) in [6.45, 7) is -0.631. The maximum Gasteiger partial charge on any atom is 0.287 e. The van der Waals surface area contributed by atoms with E-state index in [1.807, 2.05) is 4.98 Å². The molecule has 4 atom stereocenters. The minimum atomic E-state index is -1.82. The zero-order valence-corrected chi connectivity index (χ0v) is 9.73. The largest absolute Gasteiger partial charge is 0.394 e. The maximum absolute atomic E-state index is 13.5. The molecule has 9 heteroatoms. The lowest BCUT2D eigenvalue weighted by molar-refractivity contribution is -0.0532. The van der Waals surface area contributed by atoms with Crippen molar-refractivity contribution in [1.29, 1.82) is 0 Å². The Morgan fingerprint density at radius 3 is 2.83 bits per heavy atom. The highest BCUT2D eigenvalue weighted by atomic mass is 32.1. The van der Waals surface area contributed by atoms with Crippen LogP contribution in [0.1, 0.15) is 6.23 Å². The van der Waals surface area contributed by atoms with Crippen molar-refractivity contribution < 1.29 is 23.7 Å². The lowest BCUT2D eigenvalue weighted by atomic mass is 10.1. The van der Waals surface area contributed by atoms with Gasteiger partial charge in [0.05, 0.1) is 12.8 Å². The van der Waals surface area contributed by atoms with Crippen LogP contribution in [0.4, 0.5) is 8.78 Å². The van der Waals surface area contributed by atoms with Crippen molar-refractivity contribution in [1.82, 2.24) is 9.55 Å². The normalized spacial score (nSPS) is 31.8. The molecule has 1 aromatic rings. The number of nitrogens with zero attached hydrogens (tertiary/aromatic N) is 1. The molecular weight excluding hydrogens is 270 g/mol. The molecular formula is C9H10F2N2O4S. The Bertz CT molecular complexity index is 560. The standard InChI is InChI=1S/C9H10F2N2O4S/c10-3-1-13(9(18)12-7(3)16)8-6(15)5(11)4(2-14)17-8/h1,4-6,8,14-15H,2H2,(H,12,16,18)/t4-,5?,6+,8-/m1/s1. The van der Waals surface area contributed by atoms with Crippen LogP contribution < -0.4 is 5.56 Å². The Labute approximate surface area is 104 Å². The van der Waals surface area contributed by atoms with E-state index in [2.05, 4.69) is 0 Å². The van der Waals surface area contributed by atoms with Crippen LogP contribution in [0, 0.1) is 10.6 Å². The quantitative estimate of drug-likeness (QED) is 0.644. The molecule has 3 N–H and O–H groups in total. The average Bonchev–Trinajstić information content (AvgIpc) is 2.61. The molecule has 0 radical (unpaired) electrons. The molecule has 1 aliphatic heterocycles. The second-order valence-electron chi connectivity index (χ2n) is 3.83. The van der Waals surface area contributed by atoms with Gasteiger partial charge in [0.25, 0.3) is 5.56 Å². The summed E-state index contributed by atoms with van der Waals surface area (Å²) in [5.74, 6) is -1.14. The molecule has 1 aromatic heterocycles. The second kappa shape index (κ2) is 4.84. The monoisotopic (exact) mass is 280 g/mol. The van der Waals surface area contributed by atoms with E-state index in [0.717, 1.165) is 10.8 Å². The summed E-state index contributed by atoms with van der Waals surface area (Å²) in [7, 11) is 0. The molecule has 1 fully saturated rings. The van der Waals surface area contributed by atoms with Crippen LogP contribution in [-0.4, -0.2) is 44.8 Å². The van der Waals surface area contributed by atoms with E-state index in [4.69, 9.17) is 22.1 Å². The summed E-state index contributed by atoms with van der Waals surface area (Å²) >= 11 is 4.77. The van der Waals surface area contributed by atoms with Crippen molar-refractivity contribution in [3.8, 4) is 0 Å². The molecule has 1 unspecified atom stereocenters. The molecule has 0 spiro atoms. The lowest BCUT2D eigenvalue weighted by Gasteiger charge is -2.17. The SMILES string of the molecule is O=c1[nH]c(=S)n([C@@H]2O[C@H](CO)C(F)[C@@H]2O)cc1F. The third-order valence-electron chi connectivity index (χ3n) is 2.67. The van der Waals surface area contributed by atoms with Gasteiger partial charge in [0.1, 0.15) is 12.2 Å². The number of hydrogen-bond acceptors (Lipinski definition) is 5. The first-order valence-corrected chi connectivity index (χ1v) is 5.46. The van der Waals surface area contributed by atoms with Gasteiger partial charge in [0.2, 0.25) is 5.82 Å². The molecule has 18 heavy (non-hydrogen) atoms. The molecule has 2 heterocycles. The lowest BCUT2D eigenvalue weighted by Crippen LogP contribution is -2.30. The van der Waals surface area contributed by atoms with Crippen LogP contribution in [-0.2, 0) is 4.74 Å². The summed E-state index contributed by atoms with van der Waals surface area (Å²) < 4.78 is 32.3. The van der Waals surface area contributed by atoms with Gasteiger partial charge in [0, 0.05) is 0 Å². The molecule has 0 aromatic carbocycles. The van der Waals surface area contributed by atoms with Crippen molar-refractivity contribution >= 4 is 12.2 Å². The molecule has 2 rings (SSSR count). The summed E-state index contributed by atoms with van der Waals surface area (Å²) in [4.78, 5) is 13.0. The van der Waals surface area contributed by atoms with Crippen molar-refractivity contribution in [3.05, 3.63) is 27.1 Å². The van der Waals surface area contributed by atoms with E-state index in [1.165, 1.54) is 0 Å². The zero-order chi connectivity index (χ0) is 13.4. The highest BCUT2D eigenvalue weighted by Crippen LogP contribution is 2.31. The third kappa shape index (κ3) is 2.09. The average molecular weight is 280 g/mol. The summed E-state index contributed by atoms with van der Waals surface area (Å²) in [6, 6.07) is 0. The van der Waals surface area contributed by atoms with Crippen molar-refractivity contribution in [2.45, 2.75) is 24.6 Å². The van der Waals surface area contributed by atoms with E-state index >= 15 is 0 Å². The van der Waals surface area contributed by atoms with Gasteiger partial charge < -0.3 is 14.9 Å². The van der Waals surface area contributed by atoms with Crippen LogP contribution in [0.15, 0.2) is 11.0 Å². The number of nitrogens with one attached hydrogen (secondary N) is 1. The van der Waals surface area contributed by atoms with Gasteiger partial charge in [-0.05, 0) is 12.2 Å². The summed E-state index contributed by atoms with van der Waals surface area (Å²) in [5.41, 5.74) is -1.01. The summed E-state index contributed by atoms with van der Waals surface area (Å²) in [6.07, 6.45) is -5.23. The first-order chi connectivity index (χ1) is 8.45. The molecule has 0 saturated carbocycles. The number of aliphatic hydroxyl groups is 2. The Hall–Kier alpha value is -1.16. The molecule has 1 aliphatic rings. The van der Waals surface area contributed by atoms with Gasteiger partial charge in [0.15, 0.2) is 17.2 Å². The Morgan fingerprint density at radius 1 is 1.61 bits per heavy atom. The second-order valence-corrected chi connectivity index (χ2v) is 4.21. The predicted octanol–water partition coefficient (Wildman–Crippen LogP) is -0.366. The minimum Gasteiger partial charge on any atom is -0.394 e. The number of halogens is 2. The molecule has 0 aliphatic carbocycles. The Balaban J connectivity index is 2.42. The fraction of sp³-hybridized carbons (Fsp3) is 0.556. The smallest absolute Gasteiger partial charge is 0.287 e. The van der Waals surface area contributed by atoms with Gasteiger partial charge >= 0.3 is 0 Å².